The first-order valence-corrected chi connectivity index (χ1v) is 7.83. The predicted molar refractivity (Wildman–Crippen MR) is 89.3 cm³/mol. The number of hydrogen-bond donors (Lipinski definition) is 3. The van der Waals surface area contributed by atoms with Gasteiger partial charge in [0.2, 0.25) is 0 Å². The van der Waals surface area contributed by atoms with E-state index in [0.717, 1.165) is 11.3 Å². The van der Waals surface area contributed by atoms with Gasteiger partial charge in [-0.25, -0.2) is 9.48 Å². The number of carbonyl (C=O) groups is 1. The molecule has 0 aliphatic rings. The molecule has 2 amide bonds. The number of rotatable bonds is 7. The third-order valence-electron chi connectivity index (χ3n) is 3.40. The first-order valence-electron chi connectivity index (χ1n) is 7.83. The third kappa shape index (κ3) is 5.75. The number of carbonyl (C=O) groups excluding carboxylic acids is 1. The molecule has 1 unspecified atom stereocenters. The van der Waals surface area contributed by atoms with Gasteiger partial charge in [-0.1, -0.05) is 26.0 Å². The van der Waals surface area contributed by atoms with Crippen LogP contribution < -0.4 is 10.6 Å². The van der Waals surface area contributed by atoms with Crippen LogP contribution in [0.1, 0.15) is 25.8 Å². The smallest absolute Gasteiger partial charge is 0.315 e. The van der Waals surface area contributed by atoms with Crippen LogP contribution in [-0.2, 0) is 6.54 Å². The van der Waals surface area contributed by atoms with Gasteiger partial charge in [-0.3, -0.25) is 0 Å². The molecule has 1 aromatic heterocycles. The van der Waals surface area contributed by atoms with Crippen LogP contribution in [0.4, 0.5) is 4.79 Å². The third-order valence-corrected chi connectivity index (χ3v) is 3.40. The fourth-order valence-corrected chi connectivity index (χ4v) is 2.27. The average Bonchev–Trinajstić information content (AvgIpc) is 3.05. The number of aliphatic hydroxyl groups excluding tert-OH is 1. The minimum atomic E-state index is -0.505. The van der Waals surface area contributed by atoms with Crippen molar-refractivity contribution in [2.45, 2.75) is 32.9 Å². The molecule has 1 atom stereocenters. The number of urea groups is 1. The Morgan fingerprint density at radius 1 is 1.26 bits per heavy atom. The fraction of sp³-hybridized carbons (Fsp3) is 0.412. The Labute approximate surface area is 136 Å². The zero-order valence-corrected chi connectivity index (χ0v) is 13.6. The van der Waals surface area contributed by atoms with Gasteiger partial charge in [0.1, 0.15) is 0 Å². The van der Waals surface area contributed by atoms with Crippen molar-refractivity contribution >= 4 is 6.03 Å². The average molecular weight is 316 g/mol. The van der Waals surface area contributed by atoms with Gasteiger partial charge in [0.25, 0.3) is 0 Å². The number of aromatic nitrogens is 2. The van der Waals surface area contributed by atoms with E-state index >= 15 is 0 Å². The summed E-state index contributed by atoms with van der Waals surface area (Å²) >= 11 is 0. The van der Waals surface area contributed by atoms with E-state index in [-0.39, 0.29) is 12.6 Å². The van der Waals surface area contributed by atoms with Crippen LogP contribution >= 0.6 is 0 Å². The van der Waals surface area contributed by atoms with Crippen molar-refractivity contribution in [1.82, 2.24) is 20.4 Å². The highest BCUT2D eigenvalue weighted by atomic mass is 16.3. The molecule has 0 aliphatic heterocycles. The summed E-state index contributed by atoms with van der Waals surface area (Å²) in [6.07, 6.45) is 3.78. The molecule has 3 N–H and O–H groups in total. The molecule has 124 valence electrons. The normalized spacial score (nSPS) is 12.2. The van der Waals surface area contributed by atoms with Crippen molar-refractivity contribution < 1.29 is 9.90 Å². The summed E-state index contributed by atoms with van der Waals surface area (Å²) < 4.78 is 1.78. The van der Waals surface area contributed by atoms with Crippen molar-refractivity contribution in [3.63, 3.8) is 0 Å². The topological polar surface area (TPSA) is 79.2 Å². The summed E-state index contributed by atoms with van der Waals surface area (Å²) in [4.78, 5) is 11.7. The molecule has 6 heteroatoms. The Hall–Kier alpha value is -2.34. The van der Waals surface area contributed by atoms with Gasteiger partial charge in [0.15, 0.2) is 0 Å². The monoisotopic (exact) mass is 316 g/mol. The van der Waals surface area contributed by atoms with E-state index < -0.39 is 6.10 Å². The number of nitrogens with one attached hydrogen (secondary N) is 2. The van der Waals surface area contributed by atoms with E-state index in [4.69, 9.17) is 0 Å². The van der Waals surface area contributed by atoms with Crippen LogP contribution in [0.3, 0.4) is 0 Å². The standard InChI is InChI=1S/C17H24N4O2/c1-13(2)10-16(22)12-19-17(23)18-11-14-4-6-15(7-5-14)21-9-3-8-20-21/h3-9,13,16,22H,10-12H2,1-2H3,(H2,18,19,23). The molecule has 1 heterocycles. The lowest BCUT2D eigenvalue weighted by molar-refractivity contribution is 0.147. The van der Waals surface area contributed by atoms with Crippen LogP contribution in [0.25, 0.3) is 5.69 Å². The molecule has 0 saturated carbocycles. The highest BCUT2D eigenvalue weighted by molar-refractivity contribution is 5.73. The van der Waals surface area contributed by atoms with Crippen LogP contribution in [0, 0.1) is 5.92 Å². The number of benzene rings is 1. The summed E-state index contributed by atoms with van der Waals surface area (Å²) in [5, 5.41) is 19.3. The van der Waals surface area contributed by atoms with Gasteiger partial charge >= 0.3 is 6.03 Å². The first-order chi connectivity index (χ1) is 11.0. The molecule has 6 nitrogen and oxygen atoms in total. The Balaban J connectivity index is 1.74. The predicted octanol–water partition coefficient (Wildman–Crippen LogP) is 2.08. The zero-order chi connectivity index (χ0) is 16.7. The second-order valence-corrected chi connectivity index (χ2v) is 5.96. The Morgan fingerprint density at radius 2 is 2.00 bits per heavy atom. The SMILES string of the molecule is CC(C)CC(O)CNC(=O)NCc1ccc(-n2cccn2)cc1. The molecule has 0 radical (unpaired) electrons. The quantitative estimate of drug-likeness (QED) is 0.732. The van der Waals surface area contributed by atoms with E-state index in [9.17, 15) is 9.90 Å². The molecule has 0 bridgehead atoms. The van der Waals surface area contributed by atoms with Gasteiger partial charge in [0, 0.05) is 25.5 Å². The van der Waals surface area contributed by atoms with E-state index in [0.29, 0.717) is 18.9 Å². The van der Waals surface area contributed by atoms with Crippen molar-refractivity contribution in [2.24, 2.45) is 5.92 Å². The van der Waals surface area contributed by atoms with Crippen LogP contribution in [0.2, 0.25) is 0 Å². The van der Waals surface area contributed by atoms with Crippen molar-refractivity contribution in [2.75, 3.05) is 6.54 Å². The largest absolute Gasteiger partial charge is 0.391 e. The lowest BCUT2D eigenvalue weighted by Gasteiger charge is -2.14. The number of hydrogen-bond acceptors (Lipinski definition) is 3. The Kier molecular flexibility index (Phi) is 6.17. The lowest BCUT2D eigenvalue weighted by atomic mass is 10.1. The highest BCUT2D eigenvalue weighted by Gasteiger charge is 2.08. The summed E-state index contributed by atoms with van der Waals surface area (Å²) in [5.74, 6) is 0.406. The zero-order valence-electron chi connectivity index (χ0n) is 13.6. The Morgan fingerprint density at radius 3 is 2.61 bits per heavy atom. The van der Waals surface area contributed by atoms with Gasteiger partial charge < -0.3 is 15.7 Å². The Bertz CT molecular complexity index is 594. The lowest BCUT2D eigenvalue weighted by Crippen LogP contribution is -2.39. The summed E-state index contributed by atoms with van der Waals surface area (Å²) in [7, 11) is 0. The summed E-state index contributed by atoms with van der Waals surface area (Å²) in [6.45, 7) is 4.78. The van der Waals surface area contributed by atoms with E-state index in [2.05, 4.69) is 15.7 Å². The molecule has 2 aromatic rings. The molecule has 23 heavy (non-hydrogen) atoms. The van der Waals surface area contributed by atoms with Gasteiger partial charge in [0.05, 0.1) is 11.8 Å². The number of nitrogens with zero attached hydrogens (tertiary/aromatic N) is 2. The van der Waals surface area contributed by atoms with Gasteiger partial charge in [-0.05, 0) is 36.1 Å². The molecule has 1 aromatic carbocycles. The molecule has 0 aliphatic carbocycles. The van der Waals surface area contributed by atoms with Crippen molar-refractivity contribution in [3.05, 3.63) is 48.3 Å². The van der Waals surface area contributed by atoms with E-state index in [1.807, 2.05) is 50.4 Å². The molecule has 0 saturated heterocycles. The maximum absolute atomic E-state index is 11.7. The number of amides is 2. The minimum absolute atomic E-state index is 0.266. The highest BCUT2D eigenvalue weighted by Crippen LogP contribution is 2.08. The number of aliphatic hydroxyl groups is 1. The first kappa shape index (κ1) is 17.0. The maximum atomic E-state index is 11.7. The maximum Gasteiger partial charge on any atom is 0.315 e. The van der Waals surface area contributed by atoms with E-state index in [1.165, 1.54) is 0 Å². The van der Waals surface area contributed by atoms with Crippen LogP contribution in [0.15, 0.2) is 42.7 Å². The molecular formula is C17H24N4O2. The molecule has 0 spiro atoms. The fourth-order valence-electron chi connectivity index (χ4n) is 2.27. The van der Waals surface area contributed by atoms with E-state index in [1.54, 1.807) is 10.9 Å². The summed E-state index contributed by atoms with van der Waals surface area (Å²) in [6, 6.07) is 9.40. The second kappa shape index (κ2) is 8.33. The van der Waals surface area contributed by atoms with Gasteiger partial charge in [-0.15, -0.1) is 0 Å². The van der Waals surface area contributed by atoms with Crippen LogP contribution in [0.5, 0.6) is 0 Å². The minimum Gasteiger partial charge on any atom is -0.391 e. The van der Waals surface area contributed by atoms with Crippen molar-refractivity contribution in [1.29, 1.82) is 0 Å². The summed E-state index contributed by atoms with van der Waals surface area (Å²) in [5.41, 5.74) is 1.97. The van der Waals surface area contributed by atoms with Crippen LogP contribution in [-0.4, -0.2) is 33.6 Å². The van der Waals surface area contributed by atoms with Crippen molar-refractivity contribution in [3.8, 4) is 5.69 Å². The van der Waals surface area contributed by atoms with Gasteiger partial charge in [-0.2, -0.15) is 5.10 Å². The molecule has 2 rings (SSSR count). The second-order valence-electron chi connectivity index (χ2n) is 5.96. The molecule has 0 fully saturated rings. The molecular weight excluding hydrogens is 292 g/mol.